The van der Waals surface area contributed by atoms with Gasteiger partial charge in [0.1, 0.15) is 10.7 Å². The molecular formula is C12H9ClN2O4. The Bertz CT molecular complexity index is 672. The fourth-order valence-electron chi connectivity index (χ4n) is 1.66. The lowest BCUT2D eigenvalue weighted by Crippen LogP contribution is -2.06. The molecule has 0 unspecified atom stereocenters. The average Bonchev–Trinajstić information content (AvgIpc) is 2.37. The van der Waals surface area contributed by atoms with Crippen LogP contribution in [0.1, 0.15) is 17.3 Å². The summed E-state index contributed by atoms with van der Waals surface area (Å²) in [5, 5.41) is 11.2. The Morgan fingerprint density at radius 1 is 1.53 bits per heavy atom. The van der Waals surface area contributed by atoms with Crippen molar-refractivity contribution in [2.75, 3.05) is 6.61 Å². The molecule has 98 valence electrons. The van der Waals surface area contributed by atoms with E-state index in [-0.39, 0.29) is 28.5 Å². The normalized spacial score (nSPS) is 10.4. The second-order valence-corrected chi connectivity index (χ2v) is 4.01. The Morgan fingerprint density at radius 2 is 2.26 bits per heavy atom. The lowest BCUT2D eigenvalue weighted by molar-refractivity contribution is -0.383. The van der Waals surface area contributed by atoms with Crippen molar-refractivity contribution in [3.05, 3.63) is 45.1 Å². The molecule has 1 heterocycles. The van der Waals surface area contributed by atoms with E-state index in [1.807, 2.05) is 0 Å². The molecule has 0 aliphatic carbocycles. The van der Waals surface area contributed by atoms with E-state index in [4.69, 9.17) is 16.3 Å². The van der Waals surface area contributed by atoms with Crippen molar-refractivity contribution >= 4 is 34.2 Å². The number of hydrogen-bond donors (Lipinski definition) is 0. The third kappa shape index (κ3) is 2.48. The number of ether oxygens (including phenoxy) is 1. The Hall–Kier alpha value is -2.21. The van der Waals surface area contributed by atoms with Gasteiger partial charge in [0.25, 0.3) is 5.69 Å². The SMILES string of the molecule is CCOC(=O)c1cc2cccc([N+](=O)[O-])c2nc1Cl. The Labute approximate surface area is 113 Å². The molecule has 1 aromatic heterocycles. The molecule has 0 fully saturated rings. The van der Waals surface area contributed by atoms with E-state index in [1.165, 1.54) is 18.2 Å². The zero-order valence-corrected chi connectivity index (χ0v) is 10.7. The topological polar surface area (TPSA) is 82.3 Å². The second-order valence-electron chi connectivity index (χ2n) is 3.65. The number of hydrogen-bond acceptors (Lipinski definition) is 5. The molecule has 1 aromatic carbocycles. The van der Waals surface area contributed by atoms with Crippen LogP contribution in [-0.4, -0.2) is 22.5 Å². The summed E-state index contributed by atoms with van der Waals surface area (Å²) in [6, 6.07) is 5.91. The van der Waals surface area contributed by atoms with Gasteiger partial charge in [-0.05, 0) is 13.0 Å². The molecule has 0 aliphatic heterocycles. The lowest BCUT2D eigenvalue weighted by atomic mass is 10.1. The molecule has 0 atom stereocenters. The summed E-state index contributed by atoms with van der Waals surface area (Å²) in [5.41, 5.74) is 0.0804. The molecule has 19 heavy (non-hydrogen) atoms. The molecule has 0 bridgehead atoms. The number of benzene rings is 1. The van der Waals surface area contributed by atoms with Gasteiger partial charge < -0.3 is 4.74 Å². The summed E-state index contributed by atoms with van der Waals surface area (Å²) in [6.07, 6.45) is 0. The highest BCUT2D eigenvalue weighted by molar-refractivity contribution is 6.33. The average molecular weight is 281 g/mol. The number of carbonyl (C=O) groups is 1. The number of nitro groups is 1. The minimum absolute atomic E-state index is 0.0940. The van der Waals surface area contributed by atoms with Gasteiger partial charge in [-0.2, -0.15) is 0 Å². The molecule has 0 amide bonds. The highest BCUT2D eigenvalue weighted by Gasteiger charge is 2.18. The number of non-ortho nitro benzene ring substituents is 1. The number of fused-ring (bicyclic) bond motifs is 1. The summed E-state index contributed by atoms with van der Waals surface area (Å²) in [5.74, 6) is -0.603. The number of aromatic nitrogens is 1. The molecule has 6 nitrogen and oxygen atoms in total. The zero-order valence-electron chi connectivity index (χ0n) is 9.92. The van der Waals surface area contributed by atoms with Crippen molar-refractivity contribution < 1.29 is 14.5 Å². The largest absolute Gasteiger partial charge is 0.462 e. The summed E-state index contributed by atoms with van der Waals surface area (Å²) in [7, 11) is 0. The van der Waals surface area contributed by atoms with E-state index in [0.29, 0.717) is 5.39 Å². The summed E-state index contributed by atoms with van der Waals surface area (Å²) in [4.78, 5) is 25.9. The first-order valence-electron chi connectivity index (χ1n) is 5.45. The predicted octanol–water partition coefficient (Wildman–Crippen LogP) is 2.97. The van der Waals surface area contributed by atoms with Gasteiger partial charge in [-0.25, -0.2) is 9.78 Å². The summed E-state index contributed by atoms with van der Waals surface area (Å²) < 4.78 is 4.84. The van der Waals surface area contributed by atoms with Gasteiger partial charge in [0.2, 0.25) is 0 Å². The van der Waals surface area contributed by atoms with Crippen molar-refractivity contribution in [3.63, 3.8) is 0 Å². The van der Waals surface area contributed by atoms with Crippen molar-refractivity contribution in [2.45, 2.75) is 6.92 Å². The quantitative estimate of drug-likeness (QED) is 0.373. The first-order chi connectivity index (χ1) is 9.04. The summed E-state index contributed by atoms with van der Waals surface area (Å²) >= 11 is 5.88. The monoisotopic (exact) mass is 280 g/mol. The van der Waals surface area contributed by atoms with Gasteiger partial charge in [0.15, 0.2) is 0 Å². The van der Waals surface area contributed by atoms with E-state index in [2.05, 4.69) is 4.98 Å². The van der Waals surface area contributed by atoms with Crippen LogP contribution < -0.4 is 0 Å². The first-order valence-corrected chi connectivity index (χ1v) is 5.83. The Kier molecular flexibility index (Phi) is 3.62. The molecule has 0 radical (unpaired) electrons. The second kappa shape index (κ2) is 5.19. The maximum Gasteiger partial charge on any atom is 0.341 e. The molecule has 7 heteroatoms. The molecule has 2 rings (SSSR count). The van der Waals surface area contributed by atoms with Crippen molar-refractivity contribution in [1.82, 2.24) is 4.98 Å². The smallest absolute Gasteiger partial charge is 0.341 e. The molecule has 0 aliphatic rings. The van der Waals surface area contributed by atoms with Crippen LogP contribution >= 0.6 is 11.6 Å². The molecule has 0 saturated carbocycles. The van der Waals surface area contributed by atoms with E-state index in [9.17, 15) is 14.9 Å². The first kappa shape index (κ1) is 13.2. The lowest BCUT2D eigenvalue weighted by Gasteiger charge is -2.05. The van der Waals surface area contributed by atoms with Crippen molar-refractivity contribution in [1.29, 1.82) is 0 Å². The van der Waals surface area contributed by atoms with E-state index < -0.39 is 10.9 Å². The van der Waals surface area contributed by atoms with Gasteiger partial charge in [-0.15, -0.1) is 0 Å². The van der Waals surface area contributed by atoms with Gasteiger partial charge in [0, 0.05) is 11.5 Å². The van der Waals surface area contributed by atoms with Crippen LogP contribution in [0.25, 0.3) is 10.9 Å². The van der Waals surface area contributed by atoms with Crippen LogP contribution in [0.3, 0.4) is 0 Å². The third-order valence-corrected chi connectivity index (χ3v) is 2.76. The fourth-order valence-corrected chi connectivity index (χ4v) is 1.88. The number of para-hydroxylation sites is 1. The minimum atomic E-state index is -0.603. The molecule has 0 N–H and O–H groups in total. The number of nitrogens with zero attached hydrogens (tertiary/aromatic N) is 2. The highest BCUT2D eigenvalue weighted by atomic mass is 35.5. The van der Waals surface area contributed by atoms with E-state index >= 15 is 0 Å². The molecule has 0 saturated heterocycles. The minimum Gasteiger partial charge on any atom is -0.462 e. The highest BCUT2D eigenvalue weighted by Crippen LogP contribution is 2.27. The fraction of sp³-hybridized carbons (Fsp3) is 0.167. The van der Waals surface area contributed by atoms with Crippen LogP contribution in [0.4, 0.5) is 5.69 Å². The van der Waals surface area contributed by atoms with Crippen molar-refractivity contribution in [3.8, 4) is 0 Å². The maximum absolute atomic E-state index is 11.6. The van der Waals surface area contributed by atoms with Gasteiger partial charge in [0.05, 0.1) is 17.1 Å². The van der Waals surface area contributed by atoms with Crippen LogP contribution in [-0.2, 0) is 4.74 Å². The van der Waals surface area contributed by atoms with Gasteiger partial charge >= 0.3 is 5.97 Å². The number of nitro benzene ring substituents is 1. The molecular weight excluding hydrogens is 272 g/mol. The molecule has 2 aromatic rings. The van der Waals surface area contributed by atoms with Crippen LogP contribution in [0.5, 0.6) is 0 Å². The molecule has 0 spiro atoms. The van der Waals surface area contributed by atoms with E-state index in [1.54, 1.807) is 13.0 Å². The van der Waals surface area contributed by atoms with Crippen LogP contribution in [0.2, 0.25) is 5.15 Å². The van der Waals surface area contributed by atoms with Gasteiger partial charge in [-0.3, -0.25) is 10.1 Å². The Balaban J connectivity index is 2.65. The van der Waals surface area contributed by atoms with Crippen molar-refractivity contribution in [2.24, 2.45) is 0 Å². The Morgan fingerprint density at radius 3 is 2.89 bits per heavy atom. The zero-order chi connectivity index (χ0) is 14.0. The number of halogens is 1. The standard InChI is InChI=1S/C12H9ClN2O4/c1-2-19-12(16)8-6-7-4-3-5-9(15(17)18)10(7)14-11(8)13/h3-6H,2H2,1H3. The predicted molar refractivity (Wildman–Crippen MR) is 69.4 cm³/mol. The maximum atomic E-state index is 11.6. The summed E-state index contributed by atoms with van der Waals surface area (Å²) in [6.45, 7) is 1.88. The van der Waals surface area contributed by atoms with E-state index in [0.717, 1.165) is 0 Å². The third-order valence-electron chi connectivity index (χ3n) is 2.47. The number of esters is 1. The van der Waals surface area contributed by atoms with Crippen LogP contribution in [0.15, 0.2) is 24.3 Å². The number of rotatable bonds is 3. The van der Waals surface area contributed by atoms with Crippen LogP contribution in [0, 0.1) is 10.1 Å². The number of pyridine rings is 1. The van der Waals surface area contributed by atoms with Gasteiger partial charge in [-0.1, -0.05) is 23.7 Å². The number of carbonyl (C=O) groups excluding carboxylic acids is 1.